The van der Waals surface area contributed by atoms with Gasteiger partial charge in [0.2, 0.25) is 0 Å². The van der Waals surface area contributed by atoms with E-state index in [0.717, 1.165) is 16.4 Å². The molecule has 17 heavy (non-hydrogen) atoms. The molecule has 1 aromatic carbocycles. The fourth-order valence-corrected chi connectivity index (χ4v) is 5.14. The third-order valence-electron chi connectivity index (χ3n) is 4.12. The van der Waals surface area contributed by atoms with Crippen molar-refractivity contribution in [2.24, 2.45) is 5.92 Å². The summed E-state index contributed by atoms with van der Waals surface area (Å²) in [6, 6.07) is 7.97. The van der Waals surface area contributed by atoms with Crippen molar-refractivity contribution in [3.63, 3.8) is 0 Å². The van der Waals surface area contributed by atoms with Crippen LogP contribution in [0.15, 0.2) is 29.2 Å². The lowest BCUT2D eigenvalue weighted by molar-refractivity contribution is 0.500. The molecule has 0 heterocycles. The van der Waals surface area contributed by atoms with E-state index < -0.39 is 0 Å². The first kappa shape index (κ1) is 11.5. The largest absolute Gasteiger partial charge is 0.498 e. The minimum absolute atomic E-state index is 0.0250. The summed E-state index contributed by atoms with van der Waals surface area (Å²) in [5.74, 6) is 0.954. The summed E-state index contributed by atoms with van der Waals surface area (Å²) in [5.41, 5.74) is 0.831. The van der Waals surface area contributed by atoms with Gasteiger partial charge in [-0.3, -0.25) is 0 Å². The van der Waals surface area contributed by atoms with Crippen LogP contribution in [0.3, 0.4) is 0 Å². The first-order valence-electron chi connectivity index (χ1n) is 6.20. The standard InChI is InChI=1S/C14H16OS2/c15-13(16)11-3-1-2-4-12(11)17-14-7-5-10(9-14)6-8-14/h1-4,10H,5-9H2,(H,15,16). The van der Waals surface area contributed by atoms with Crippen LogP contribution in [0.4, 0.5) is 0 Å². The van der Waals surface area contributed by atoms with E-state index in [2.05, 4.69) is 6.07 Å². The van der Waals surface area contributed by atoms with E-state index >= 15 is 0 Å². The minimum atomic E-state index is 0.0250. The molecular formula is C14H16OS2. The van der Waals surface area contributed by atoms with Crippen molar-refractivity contribution in [3.05, 3.63) is 29.8 Å². The van der Waals surface area contributed by atoms with Crippen LogP contribution in [-0.2, 0) is 0 Å². The third kappa shape index (κ3) is 2.11. The summed E-state index contributed by atoms with van der Waals surface area (Å²) in [5, 5.41) is 9.59. The van der Waals surface area contributed by atoms with Crippen LogP contribution in [0.2, 0.25) is 0 Å². The molecule has 0 radical (unpaired) electrons. The molecule has 0 aliphatic heterocycles. The number of aliphatic hydroxyl groups is 1. The molecule has 3 rings (SSSR count). The van der Waals surface area contributed by atoms with Crippen molar-refractivity contribution < 1.29 is 5.11 Å². The molecule has 1 aromatic rings. The first-order chi connectivity index (χ1) is 8.19. The number of fused-ring (bicyclic) bond motifs is 2. The van der Waals surface area contributed by atoms with Crippen molar-refractivity contribution in [2.45, 2.75) is 41.7 Å². The normalized spacial score (nSPS) is 30.7. The molecule has 2 aliphatic rings. The summed E-state index contributed by atoms with van der Waals surface area (Å²) < 4.78 is 0.436. The molecule has 0 amide bonds. The molecule has 90 valence electrons. The molecule has 2 bridgehead atoms. The van der Waals surface area contributed by atoms with E-state index in [9.17, 15) is 5.11 Å². The van der Waals surface area contributed by atoms with Gasteiger partial charge >= 0.3 is 0 Å². The Hall–Kier alpha value is -0.540. The molecule has 0 atom stereocenters. The maximum Gasteiger partial charge on any atom is 0.189 e. The summed E-state index contributed by atoms with van der Waals surface area (Å²) in [7, 11) is 0. The first-order valence-corrected chi connectivity index (χ1v) is 7.42. The van der Waals surface area contributed by atoms with Crippen LogP contribution in [0.5, 0.6) is 0 Å². The second-order valence-electron chi connectivity index (χ2n) is 5.23. The Labute approximate surface area is 112 Å². The number of hydrogen-bond acceptors (Lipinski definition) is 2. The average Bonchev–Trinajstić information content (AvgIpc) is 2.89. The molecular weight excluding hydrogens is 248 g/mol. The van der Waals surface area contributed by atoms with Gasteiger partial charge in [0.1, 0.15) is 0 Å². The van der Waals surface area contributed by atoms with Crippen LogP contribution in [-0.4, -0.2) is 14.9 Å². The SMILES string of the molecule is OC(=S)c1ccccc1SC12CCC(CC1)C2. The number of benzene rings is 1. The lowest BCUT2D eigenvalue weighted by Gasteiger charge is -2.26. The van der Waals surface area contributed by atoms with E-state index in [1.807, 2.05) is 30.0 Å². The van der Waals surface area contributed by atoms with E-state index in [0.29, 0.717) is 4.75 Å². The molecule has 0 aromatic heterocycles. The van der Waals surface area contributed by atoms with E-state index in [4.69, 9.17) is 12.2 Å². The average molecular weight is 264 g/mol. The number of thiocarbonyl (C=S) groups is 1. The zero-order valence-corrected chi connectivity index (χ0v) is 11.3. The molecule has 3 heteroatoms. The zero-order chi connectivity index (χ0) is 11.9. The van der Waals surface area contributed by atoms with Crippen molar-refractivity contribution in [2.75, 3.05) is 0 Å². The minimum Gasteiger partial charge on any atom is -0.498 e. The highest BCUT2D eigenvalue weighted by molar-refractivity contribution is 8.00. The van der Waals surface area contributed by atoms with E-state index in [-0.39, 0.29) is 5.05 Å². The predicted molar refractivity (Wildman–Crippen MR) is 75.9 cm³/mol. The van der Waals surface area contributed by atoms with Crippen molar-refractivity contribution in [1.29, 1.82) is 0 Å². The number of thioether (sulfide) groups is 1. The Morgan fingerprint density at radius 2 is 2.00 bits per heavy atom. The molecule has 0 saturated heterocycles. The maximum atomic E-state index is 9.56. The van der Waals surface area contributed by atoms with Gasteiger partial charge < -0.3 is 5.11 Å². The van der Waals surface area contributed by atoms with Gasteiger partial charge in [-0.15, -0.1) is 11.8 Å². The number of rotatable bonds is 3. The summed E-state index contributed by atoms with van der Waals surface area (Å²) in [6.45, 7) is 0. The van der Waals surface area contributed by atoms with Crippen molar-refractivity contribution >= 4 is 29.0 Å². The lowest BCUT2D eigenvalue weighted by atomic mass is 10.0. The van der Waals surface area contributed by atoms with Gasteiger partial charge in [-0.2, -0.15) is 0 Å². The Morgan fingerprint density at radius 3 is 2.59 bits per heavy atom. The van der Waals surface area contributed by atoms with E-state index in [1.165, 1.54) is 32.1 Å². The van der Waals surface area contributed by atoms with Crippen molar-refractivity contribution in [3.8, 4) is 0 Å². The summed E-state index contributed by atoms with van der Waals surface area (Å²) in [4.78, 5) is 1.16. The van der Waals surface area contributed by atoms with Gasteiger partial charge in [-0.05, 0) is 62.4 Å². The molecule has 2 saturated carbocycles. The summed E-state index contributed by atoms with van der Waals surface area (Å²) in [6.07, 6.45) is 6.78. The van der Waals surface area contributed by atoms with Gasteiger partial charge in [0, 0.05) is 15.2 Å². The Balaban J connectivity index is 1.88. The Morgan fingerprint density at radius 1 is 1.29 bits per heavy atom. The number of hydrogen-bond donors (Lipinski definition) is 1. The Kier molecular flexibility index (Phi) is 2.91. The van der Waals surface area contributed by atoms with E-state index in [1.54, 1.807) is 0 Å². The second kappa shape index (κ2) is 4.29. The molecule has 0 unspecified atom stereocenters. The molecule has 1 nitrogen and oxygen atoms in total. The quantitative estimate of drug-likeness (QED) is 0.820. The van der Waals surface area contributed by atoms with Crippen LogP contribution in [0.25, 0.3) is 0 Å². The maximum absolute atomic E-state index is 9.56. The Bertz CT molecular complexity index is 447. The molecule has 0 spiro atoms. The fourth-order valence-electron chi connectivity index (χ4n) is 3.25. The van der Waals surface area contributed by atoms with Crippen LogP contribution >= 0.6 is 24.0 Å². The van der Waals surface area contributed by atoms with Gasteiger partial charge in [-0.1, -0.05) is 12.1 Å². The van der Waals surface area contributed by atoms with Gasteiger partial charge in [-0.25, -0.2) is 0 Å². The van der Waals surface area contributed by atoms with Gasteiger partial charge in [0.15, 0.2) is 5.05 Å². The van der Waals surface area contributed by atoms with Gasteiger partial charge in [0.05, 0.1) is 0 Å². The van der Waals surface area contributed by atoms with Crippen LogP contribution in [0.1, 0.15) is 37.7 Å². The van der Waals surface area contributed by atoms with Crippen LogP contribution in [0, 0.1) is 5.92 Å². The highest BCUT2D eigenvalue weighted by Gasteiger charge is 2.45. The highest BCUT2D eigenvalue weighted by Crippen LogP contribution is 2.57. The molecule has 1 N–H and O–H groups in total. The predicted octanol–water partition coefficient (Wildman–Crippen LogP) is 4.34. The van der Waals surface area contributed by atoms with Crippen LogP contribution < -0.4 is 0 Å². The lowest BCUT2D eigenvalue weighted by Crippen LogP contribution is -2.17. The molecule has 2 fully saturated rings. The van der Waals surface area contributed by atoms with Gasteiger partial charge in [0.25, 0.3) is 0 Å². The van der Waals surface area contributed by atoms with Crippen molar-refractivity contribution in [1.82, 2.24) is 0 Å². The summed E-state index contributed by atoms with van der Waals surface area (Å²) >= 11 is 6.86. The zero-order valence-electron chi connectivity index (χ0n) is 9.69. The highest BCUT2D eigenvalue weighted by atomic mass is 32.2. The monoisotopic (exact) mass is 264 g/mol. The number of aliphatic hydroxyl groups excluding tert-OH is 1. The second-order valence-corrected chi connectivity index (χ2v) is 7.13. The topological polar surface area (TPSA) is 20.2 Å². The molecule has 2 aliphatic carbocycles. The smallest absolute Gasteiger partial charge is 0.189 e. The third-order valence-corrected chi connectivity index (χ3v) is 5.92. The fraction of sp³-hybridized carbons (Fsp3) is 0.500.